The molecular formula is C25H22N2O4. The summed E-state index contributed by atoms with van der Waals surface area (Å²) < 4.78 is 11.3. The van der Waals surface area contributed by atoms with Crippen LogP contribution in [0.1, 0.15) is 45.1 Å². The minimum Gasteiger partial charge on any atom is -0.484 e. The van der Waals surface area contributed by atoms with Crippen LogP contribution in [0.15, 0.2) is 71.1 Å². The SMILES string of the molecule is N#Cc1ccccc1OCc1ccc(C(=O)N2CCC(C(=O)c3ccccc3)CC2)o1. The first-order chi connectivity index (χ1) is 15.2. The highest BCUT2D eigenvalue weighted by molar-refractivity contribution is 5.98. The number of para-hydroxylation sites is 1. The quantitative estimate of drug-likeness (QED) is 0.556. The molecule has 1 aromatic heterocycles. The number of furan rings is 1. The number of piperidine rings is 1. The second kappa shape index (κ2) is 9.31. The number of nitrogens with zero attached hydrogens (tertiary/aromatic N) is 2. The molecule has 1 saturated heterocycles. The fourth-order valence-electron chi connectivity index (χ4n) is 3.74. The fraction of sp³-hybridized carbons (Fsp3) is 0.240. The third-order valence-corrected chi connectivity index (χ3v) is 5.46. The highest BCUT2D eigenvalue weighted by Gasteiger charge is 2.29. The van der Waals surface area contributed by atoms with Crippen molar-refractivity contribution in [2.75, 3.05) is 13.1 Å². The third-order valence-electron chi connectivity index (χ3n) is 5.46. The van der Waals surface area contributed by atoms with E-state index in [-0.39, 0.29) is 30.0 Å². The number of nitriles is 1. The molecule has 2 aromatic carbocycles. The second-order valence-corrected chi connectivity index (χ2v) is 7.46. The van der Waals surface area contributed by atoms with Crippen molar-refractivity contribution in [3.8, 4) is 11.8 Å². The summed E-state index contributed by atoms with van der Waals surface area (Å²) in [6.07, 6.45) is 1.28. The number of amides is 1. The zero-order valence-electron chi connectivity index (χ0n) is 17.0. The summed E-state index contributed by atoms with van der Waals surface area (Å²) in [5.74, 6) is 1.12. The zero-order chi connectivity index (χ0) is 21.6. The normalized spacial score (nSPS) is 14.1. The maximum atomic E-state index is 12.8. The van der Waals surface area contributed by atoms with E-state index in [0.717, 1.165) is 5.56 Å². The molecule has 31 heavy (non-hydrogen) atoms. The van der Waals surface area contributed by atoms with Crippen molar-refractivity contribution in [2.24, 2.45) is 5.92 Å². The summed E-state index contributed by atoms with van der Waals surface area (Å²) in [5, 5.41) is 9.13. The van der Waals surface area contributed by atoms with Gasteiger partial charge < -0.3 is 14.1 Å². The lowest BCUT2D eigenvalue weighted by atomic mass is 9.89. The fourth-order valence-corrected chi connectivity index (χ4v) is 3.74. The van der Waals surface area contributed by atoms with Crippen molar-refractivity contribution in [1.82, 2.24) is 4.90 Å². The van der Waals surface area contributed by atoms with Crippen molar-refractivity contribution in [3.05, 3.63) is 89.4 Å². The van der Waals surface area contributed by atoms with Crippen LogP contribution >= 0.6 is 0 Å². The lowest BCUT2D eigenvalue weighted by Gasteiger charge is -2.30. The Morgan fingerprint density at radius 3 is 2.45 bits per heavy atom. The van der Waals surface area contributed by atoms with Gasteiger partial charge in [0, 0.05) is 24.6 Å². The van der Waals surface area contributed by atoms with Crippen molar-refractivity contribution in [1.29, 1.82) is 5.26 Å². The number of carbonyl (C=O) groups is 2. The molecule has 3 aromatic rings. The van der Waals surface area contributed by atoms with Crippen LogP contribution in [0.3, 0.4) is 0 Å². The van der Waals surface area contributed by atoms with Gasteiger partial charge in [0.25, 0.3) is 5.91 Å². The zero-order valence-corrected chi connectivity index (χ0v) is 17.0. The van der Waals surface area contributed by atoms with Gasteiger partial charge >= 0.3 is 0 Å². The minimum atomic E-state index is -0.186. The second-order valence-electron chi connectivity index (χ2n) is 7.46. The Bertz CT molecular complexity index is 1110. The summed E-state index contributed by atoms with van der Waals surface area (Å²) in [6.45, 7) is 1.16. The number of Topliss-reactive ketones (excluding diaryl/α,β-unsaturated/α-hetero) is 1. The number of ketones is 1. The predicted molar refractivity (Wildman–Crippen MR) is 114 cm³/mol. The van der Waals surface area contributed by atoms with Crippen molar-refractivity contribution >= 4 is 11.7 Å². The molecule has 0 radical (unpaired) electrons. The highest BCUT2D eigenvalue weighted by atomic mass is 16.5. The van der Waals surface area contributed by atoms with Gasteiger partial charge in [-0.15, -0.1) is 0 Å². The van der Waals surface area contributed by atoms with E-state index < -0.39 is 0 Å². The molecule has 1 aliphatic rings. The number of benzene rings is 2. The lowest BCUT2D eigenvalue weighted by molar-refractivity contribution is 0.0621. The maximum absolute atomic E-state index is 12.8. The average molecular weight is 414 g/mol. The first-order valence-electron chi connectivity index (χ1n) is 10.2. The van der Waals surface area contributed by atoms with E-state index in [1.54, 1.807) is 41.3 Å². The van der Waals surface area contributed by atoms with Gasteiger partial charge in [0.05, 0.1) is 5.56 Å². The highest BCUT2D eigenvalue weighted by Crippen LogP contribution is 2.24. The topological polar surface area (TPSA) is 83.5 Å². The van der Waals surface area contributed by atoms with E-state index in [0.29, 0.717) is 43.0 Å². The van der Waals surface area contributed by atoms with Crippen molar-refractivity contribution in [2.45, 2.75) is 19.4 Å². The molecule has 0 atom stereocenters. The van der Waals surface area contributed by atoms with E-state index in [4.69, 9.17) is 14.4 Å². The van der Waals surface area contributed by atoms with Crippen LogP contribution in [0.2, 0.25) is 0 Å². The van der Waals surface area contributed by atoms with Gasteiger partial charge in [-0.3, -0.25) is 9.59 Å². The van der Waals surface area contributed by atoms with Gasteiger partial charge in [0.1, 0.15) is 24.2 Å². The summed E-state index contributed by atoms with van der Waals surface area (Å²) in [5.41, 5.74) is 1.17. The van der Waals surface area contributed by atoms with Crippen LogP contribution in [0.5, 0.6) is 5.75 Å². The lowest BCUT2D eigenvalue weighted by Crippen LogP contribution is -2.40. The first-order valence-corrected chi connectivity index (χ1v) is 10.2. The molecule has 4 rings (SSSR count). The van der Waals surface area contributed by atoms with E-state index in [1.165, 1.54) is 0 Å². The van der Waals surface area contributed by atoms with Crippen molar-refractivity contribution in [3.63, 3.8) is 0 Å². The number of carbonyl (C=O) groups excluding carboxylic acids is 2. The molecule has 1 aliphatic heterocycles. The largest absolute Gasteiger partial charge is 0.484 e. The minimum absolute atomic E-state index is 0.0628. The third kappa shape index (κ3) is 4.67. The van der Waals surface area contributed by atoms with Gasteiger partial charge in [-0.1, -0.05) is 42.5 Å². The van der Waals surface area contributed by atoms with Gasteiger partial charge in [-0.05, 0) is 37.1 Å². The van der Waals surface area contributed by atoms with E-state index >= 15 is 0 Å². The molecular weight excluding hydrogens is 392 g/mol. The van der Waals surface area contributed by atoms with Crippen LogP contribution in [-0.2, 0) is 6.61 Å². The number of hydrogen-bond donors (Lipinski definition) is 0. The predicted octanol–water partition coefficient (Wildman–Crippen LogP) is 4.47. The van der Waals surface area contributed by atoms with E-state index in [2.05, 4.69) is 6.07 Å². The molecule has 0 unspecified atom stereocenters. The van der Waals surface area contributed by atoms with Crippen LogP contribution in [0.4, 0.5) is 0 Å². The molecule has 0 spiro atoms. The van der Waals surface area contributed by atoms with E-state index in [1.807, 2.05) is 30.3 Å². The summed E-state index contributed by atoms with van der Waals surface area (Å²) in [4.78, 5) is 27.2. The van der Waals surface area contributed by atoms with Crippen LogP contribution in [0, 0.1) is 17.2 Å². The summed E-state index contributed by atoms with van der Waals surface area (Å²) in [6, 6.07) is 21.7. The maximum Gasteiger partial charge on any atom is 0.289 e. The van der Waals surface area contributed by atoms with Crippen LogP contribution in [0.25, 0.3) is 0 Å². The van der Waals surface area contributed by atoms with Gasteiger partial charge in [0.15, 0.2) is 11.5 Å². The molecule has 1 amide bonds. The Morgan fingerprint density at radius 2 is 1.71 bits per heavy atom. The monoisotopic (exact) mass is 414 g/mol. The Labute approximate surface area is 180 Å². The number of hydrogen-bond acceptors (Lipinski definition) is 5. The average Bonchev–Trinajstić information content (AvgIpc) is 3.31. The number of ether oxygens (including phenoxy) is 1. The van der Waals surface area contributed by atoms with Gasteiger partial charge in [-0.25, -0.2) is 0 Å². The Balaban J connectivity index is 1.32. The Hall–Kier alpha value is -3.85. The molecule has 156 valence electrons. The summed E-state index contributed by atoms with van der Waals surface area (Å²) >= 11 is 0. The van der Waals surface area contributed by atoms with Crippen molar-refractivity contribution < 1.29 is 18.7 Å². The summed E-state index contributed by atoms with van der Waals surface area (Å²) in [7, 11) is 0. The smallest absolute Gasteiger partial charge is 0.289 e. The molecule has 6 nitrogen and oxygen atoms in total. The van der Waals surface area contributed by atoms with Gasteiger partial charge in [-0.2, -0.15) is 5.26 Å². The van der Waals surface area contributed by atoms with Crippen LogP contribution in [-0.4, -0.2) is 29.7 Å². The molecule has 0 bridgehead atoms. The van der Waals surface area contributed by atoms with Gasteiger partial charge in [0.2, 0.25) is 0 Å². The molecule has 0 aliphatic carbocycles. The molecule has 6 heteroatoms. The standard InChI is InChI=1S/C25H22N2O4/c26-16-20-8-4-5-9-22(20)30-17-21-10-11-23(31-21)25(29)27-14-12-19(13-15-27)24(28)18-6-2-1-3-7-18/h1-11,19H,12-15,17H2. The number of likely N-dealkylation sites (tertiary alicyclic amines) is 1. The molecule has 2 heterocycles. The van der Waals surface area contributed by atoms with E-state index in [9.17, 15) is 9.59 Å². The molecule has 0 N–H and O–H groups in total. The first kappa shape index (κ1) is 20.4. The van der Waals surface area contributed by atoms with Crippen LogP contribution < -0.4 is 4.74 Å². The Kier molecular flexibility index (Phi) is 6.13. The number of rotatable bonds is 6. The Morgan fingerprint density at radius 1 is 1.00 bits per heavy atom. The molecule has 1 fully saturated rings. The molecule has 0 saturated carbocycles.